The van der Waals surface area contributed by atoms with Gasteiger partial charge in [-0.1, -0.05) is 63.6 Å². The van der Waals surface area contributed by atoms with Crippen molar-refractivity contribution in [3.05, 3.63) is 59.5 Å². The lowest BCUT2D eigenvalue weighted by Gasteiger charge is -2.19. The van der Waals surface area contributed by atoms with Gasteiger partial charge in [0.15, 0.2) is 0 Å². The summed E-state index contributed by atoms with van der Waals surface area (Å²) in [5.74, 6) is 0.942. The van der Waals surface area contributed by atoms with E-state index in [0.29, 0.717) is 0 Å². The van der Waals surface area contributed by atoms with Crippen molar-refractivity contribution in [1.29, 1.82) is 0 Å². The highest BCUT2D eigenvalue weighted by molar-refractivity contribution is 6.30. The zero-order valence-electron chi connectivity index (χ0n) is 17.4. The van der Waals surface area contributed by atoms with Gasteiger partial charge >= 0.3 is 0 Å². The van der Waals surface area contributed by atoms with E-state index in [1.165, 1.54) is 48.6 Å². The summed E-state index contributed by atoms with van der Waals surface area (Å²) in [4.78, 5) is 6.74. The molecular formula is C24H30ClN3. The second-order valence-corrected chi connectivity index (χ2v) is 7.83. The summed E-state index contributed by atoms with van der Waals surface area (Å²) in [6, 6.07) is 9.93. The van der Waals surface area contributed by atoms with E-state index in [0.717, 1.165) is 21.9 Å². The van der Waals surface area contributed by atoms with Gasteiger partial charge in [-0.3, -0.25) is 0 Å². The molecule has 0 bridgehead atoms. The normalized spacial score (nSPS) is 11.0. The van der Waals surface area contributed by atoms with Gasteiger partial charge in [-0.15, -0.1) is 0 Å². The molecule has 1 aromatic carbocycles. The Morgan fingerprint density at radius 2 is 1.79 bits per heavy atom. The second-order valence-electron chi connectivity index (χ2n) is 7.39. The van der Waals surface area contributed by atoms with Crippen LogP contribution in [-0.2, 0) is 0 Å². The lowest BCUT2D eigenvalue weighted by Crippen LogP contribution is -2.11. The molecule has 4 rings (SSSR count). The van der Waals surface area contributed by atoms with Gasteiger partial charge in [-0.2, -0.15) is 0 Å². The number of nitrogens with zero attached hydrogens (tertiary/aromatic N) is 3. The van der Waals surface area contributed by atoms with Gasteiger partial charge in [-0.05, 0) is 36.8 Å². The summed E-state index contributed by atoms with van der Waals surface area (Å²) < 4.78 is 2.16. The third-order valence-electron chi connectivity index (χ3n) is 5.20. The Bertz CT molecular complexity index is 1020. The van der Waals surface area contributed by atoms with Crippen molar-refractivity contribution in [2.75, 3.05) is 11.9 Å². The zero-order valence-corrected chi connectivity index (χ0v) is 18.1. The topological polar surface area (TPSA) is 20.5 Å². The number of anilines is 2. The van der Waals surface area contributed by atoms with E-state index in [1.54, 1.807) is 0 Å². The molecule has 4 heteroatoms. The van der Waals surface area contributed by atoms with Crippen LogP contribution in [0.1, 0.15) is 51.5 Å². The number of hydrogen-bond acceptors (Lipinski definition) is 2. The molecule has 0 aliphatic heterocycles. The SMILES string of the molecule is CCCCCCC.Cc1cn2ccc3c(N(C)c4cccc(Cl)c4)ncc1c32. The second kappa shape index (κ2) is 9.29. The third-order valence-corrected chi connectivity index (χ3v) is 5.44. The van der Waals surface area contributed by atoms with Crippen molar-refractivity contribution in [2.45, 2.75) is 52.9 Å². The molecule has 0 aliphatic carbocycles. The van der Waals surface area contributed by atoms with Crippen molar-refractivity contribution >= 4 is 39.4 Å². The molecule has 0 saturated heterocycles. The van der Waals surface area contributed by atoms with E-state index in [1.807, 2.05) is 37.5 Å². The lowest BCUT2D eigenvalue weighted by molar-refractivity contribution is 0.656. The fraction of sp³-hybridized carbons (Fsp3) is 0.375. The highest BCUT2D eigenvalue weighted by Crippen LogP contribution is 2.34. The smallest absolute Gasteiger partial charge is 0.142 e. The highest BCUT2D eigenvalue weighted by atomic mass is 35.5. The summed E-state index contributed by atoms with van der Waals surface area (Å²) in [5, 5.41) is 3.09. The van der Waals surface area contributed by atoms with Gasteiger partial charge < -0.3 is 9.30 Å². The van der Waals surface area contributed by atoms with Crippen molar-refractivity contribution in [2.24, 2.45) is 0 Å². The van der Waals surface area contributed by atoms with Gasteiger partial charge in [0.25, 0.3) is 0 Å². The van der Waals surface area contributed by atoms with Crippen LogP contribution in [-0.4, -0.2) is 16.4 Å². The van der Waals surface area contributed by atoms with Crippen LogP contribution in [0.2, 0.25) is 5.02 Å². The van der Waals surface area contributed by atoms with Crippen LogP contribution in [0.5, 0.6) is 0 Å². The maximum atomic E-state index is 6.09. The maximum Gasteiger partial charge on any atom is 0.142 e. The van der Waals surface area contributed by atoms with Crippen molar-refractivity contribution in [3.63, 3.8) is 0 Å². The number of aryl methyl sites for hydroxylation is 1. The lowest BCUT2D eigenvalue weighted by atomic mass is 10.2. The number of benzene rings is 1. The Labute approximate surface area is 173 Å². The van der Waals surface area contributed by atoms with Crippen LogP contribution < -0.4 is 4.90 Å². The number of pyridine rings is 1. The van der Waals surface area contributed by atoms with E-state index in [9.17, 15) is 0 Å². The molecular weight excluding hydrogens is 366 g/mol. The predicted octanol–water partition coefficient (Wildman–Crippen LogP) is 7.63. The summed E-state index contributed by atoms with van der Waals surface area (Å²) in [5.41, 5.74) is 3.51. The molecule has 0 fully saturated rings. The molecule has 0 spiro atoms. The maximum absolute atomic E-state index is 6.09. The number of unbranched alkanes of at least 4 members (excludes halogenated alkanes) is 4. The molecule has 3 aromatic heterocycles. The Morgan fingerprint density at radius 1 is 1.04 bits per heavy atom. The molecule has 0 aliphatic rings. The Kier molecular flexibility index (Phi) is 6.79. The summed E-state index contributed by atoms with van der Waals surface area (Å²) in [6.07, 6.45) is 13.2. The first-order valence-electron chi connectivity index (χ1n) is 10.2. The third kappa shape index (κ3) is 4.25. The molecule has 0 saturated carbocycles. The fourth-order valence-corrected chi connectivity index (χ4v) is 3.78. The van der Waals surface area contributed by atoms with Crippen LogP contribution in [0.15, 0.2) is 48.9 Å². The van der Waals surface area contributed by atoms with E-state index >= 15 is 0 Å². The standard InChI is InChI=1S/C17H14ClN3.C7H16/c1-11-10-21-7-6-14-16(21)15(11)9-19-17(14)20(2)13-5-3-4-12(18)8-13;1-3-5-7-6-4-2/h3-10H,1-2H3;3-7H2,1-2H3. The fourth-order valence-electron chi connectivity index (χ4n) is 3.59. The Hall–Kier alpha value is -2.26. The minimum absolute atomic E-state index is 0.728. The summed E-state index contributed by atoms with van der Waals surface area (Å²) >= 11 is 6.09. The highest BCUT2D eigenvalue weighted by Gasteiger charge is 2.15. The van der Waals surface area contributed by atoms with E-state index < -0.39 is 0 Å². The largest absolute Gasteiger partial charge is 0.329 e. The van der Waals surface area contributed by atoms with Gasteiger partial charge in [-0.25, -0.2) is 4.98 Å². The van der Waals surface area contributed by atoms with Crippen molar-refractivity contribution < 1.29 is 0 Å². The predicted molar refractivity (Wildman–Crippen MR) is 123 cm³/mol. The van der Waals surface area contributed by atoms with Crippen LogP contribution in [0.25, 0.3) is 16.3 Å². The quantitative estimate of drug-likeness (QED) is 0.313. The summed E-state index contributed by atoms with van der Waals surface area (Å²) in [6.45, 7) is 6.61. The number of aromatic nitrogens is 2. The minimum atomic E-state index is 0.728. The van der Waals surface area contributed by atoms with Gasteiger partial charge in [0.1, 0.15) is 5.82 Å². The minimum Gasteiger partial charge on any atom is -0.329 e. The average Bonchev–Trinajstić information content (AvgIpc) is 3.25. The summed E-state index contributed by atoms with van der Waals surface area (Å²) in [7, 11) is 2.02. The van der Waals surface area contributed by atoms with Gasteiger partial charge in [0, 0.05) is 47.1 Å². The molecule has 4 aromatic rings. The molecule has 148 valence electrons. The van der Waals surface area contributed by atoms with Crippen molar-refractivity contribution in [1.82, 2.24) is 9.38 Å². The first-order chi connectivity index (χ1) is 13.6. The number of hydrogen-bond donors (Lipinski definition) is 0. The average molecular weight is 396 g/mol. The van der Waals surface area contributed by atoms with Crippen LogP contribution in [0.4, 0.5) is 11.5 Å². The molecule has 0 atom stereocenters. The zero-order chi connectivity index (χ0) is 20.1. The number of halogens is 1. The Morgan fingerprint density at radius 3 is 2.46 bits per heavy atom. The molecule has 28 heavy (non-hydrogen) atoms. The van der Waals surface area contributed by atoms with E-state index in [4.69, 9.17) is 11.6 Å². The molecule has 3 nitrogen and oxygen atoms in total. The van der Waals surface area contributed by atoms with Crippen LogP contribution in [0.3, 0.4) is 0 Å². The molecule has 3 heterocycles. The molecule has 0 unspecified atom stereocenters. The van der Waals surface area contributed by atoms with Crippen molar-refractivity contribution in [3.8, 4) is 0 Å². The molecule has 0 radical (unpaired) electrons. The van der Waals surface area contributed by atoms with Crippen LogP contribution >= 0.6 is 11.6 Å². The first kappa shape index (κ1) is 20.5. The first-order valence-corrected chi connectivity index (χ1v) is 10.6. The van der Waals surface area contributed by atoms with Gasteiger partial charge in [0.2, 0.25) is 0 Å². The molecule has 0 N–H and O–H groups in total. The number of rotatable bonds is 6. The van der Waals surface area contributed by atoms with E-state index in [2.05, 4.69) is 53.5 Å². The monoisotopic (exact) mass is 395 g/mol. The molecule has 0 amide bonds. The van der Waals surface area contributed by atoms with Crippen LogP contribution in [0, 0.1) is 6.92 Å². The van der Waals surface area contributed by atoms with E-state index in [-0.39, 0.29) is 0 Å². The van der Waals surface area contributed by atoms with Gasteiger partial charge in [0.05, 0.1) is 5.52 Å². The Balaban J connectivity index is 0.000000279.